The highest BCUT2D eigenvalue weighted by Crippen LogP contribution is 2.44. The first-order valence-electron chi connectivity index (χ1n) is 8.33. The molecule has 1 aromatic heterocycles. The molecule has 124 valence electrons. The van der Waals surface area contributed by atoms with Crippen molar-refractivity contribution in [1.29, 1.82) is 0 Å². The van der Waals surface area contributed by atoms with Crippen molar-refractivity contribution in [3.63, 3.8) is 0 Å². The second-order valence-electron chi connectivity index (χ2n) is 7.21. The Hall–Kier alpha value is -1.79. The zero-order chi connectivity index (χ0) is 16.2. The van der Waals surface area contributed by atoms with Crippen molar-refractivity contribution in [2.45, 2.75) is 50.9 Å². The summed E-state index contributed by atoms with van der Waals surface area (Å²) in [6, 6.07) is 3.71. The predicted molar refractivity (Wildman–Crippen MR) is 87.8 cm³/mol. The fourth-order valence-corrected chi connectivity index (χ4v) is 3.89. The van der Waals surface area contributed by atoms with Gasteiger partial charge in [-0.1, -0.05) is 6.42 Å². The topological polar surface area (TPSA) is 81.4 Å². The molecule has 1 saturated heterocycles. The Bertz CT molecular complexity index is 786. The molecule has 6 nitrogen and oxygen atoms in total. The molecule has 0 unspecified atom stereocenters. The second-order valence-corrected chi connectivity index (χ2v) is 7.21. The third-order valence-corrected chi connectivity index (χ3v) is 5.13. The van der Waals surface area contributed by atoms with E-state index in [1.807, 2.05) is 26.0 Å². The van der Waals surface area contributed by atoms with Gasteiger partial charge in [-0.25, -0.2) is 4.79 Å². The van der Waals surface area contributed by atoms with Crippen molar-refractivity contribution in [3.8, 4) is 5.75 Å². The highest BCUT2D eigenvalue weighted by Gasteiger charge is 2.45. The van der Waals surface area contributed by atoms with E-state index >= 15 is 0 Å². The van der Waals surface area contributed by atoms with Gasteiger partial charge in [-0.15, -0.1) is 0 Å². The first-order chi connectivity index (χ1) is 11.0. The van der Waals surface area contributed by atoms with Crippen molar-refractivity contribution < 1.29 is 9.84 Å². The number of ether oxygens (including phenoxy) is 1. The number of fused-ring (bicyclic) bond motifs is 2. The molecule has 3 N–H and O–H groups in total. The molecule has 2 aliphatic rings. The number of nitrogens with one attached hydrogen (secondary N) is 2. The van der Waals surface area contributed by atoms with Gasteiger partial charge in [0.2, 0.25) is 0 Å². The molecule has 0 bridgehead atoms. The Morgan fingerprint density at radius 3 is 2.52 bits per heavy atom. The summed E-state index contributed by atoms with van der Waals surface area (Å²) in [6.07, 6.45) is 2.94. The maximum absolute atomic E-state index is 11.6. The molecule has 2 aromatic rings. The van der Waals surface area contributed by atoms with Gasteiger partial charge in [0, 0.05) is 11.6 Å². The van der Waals surface area contributed by atoms with E-state index in [1.54, 1.807) is 0 Å². The van der Waals surface area contributed by atoms with Crippen molar-refractivity contribution in [2.75, 3.05) is 13.1 Å². The molecule has 0 spiro atoms. The van der Waals surface area contributed by atoms with Gasteiger partial charge in [-0.2, -0.15) is 0 Å². The van der Waals surface area contributed by atoms with E-state index in [9.17, 15) is 9.90 Å². The number of aromatic nitrogens is 2. The van der Waals surface area contributed by atoms with E-state index in [1.165, 1.54) is 6.42 Å². The number of hydrogen-bond acceptors (Lipinski definition) is 4. The third kappa shape index (κ3) is 2.37. The van der Waals surface area contributed by atoms with Crippen LogP contribution < -0.4 is 10.4 Å². The SMILES string of the molecule is CC1(C)Oc2cc3[nH]c(=O)[nH]c3cc2[C@@H](N2CCCCC2)[C@@H]1O. The van der Waals surface area contributed by atoms with Crippen molar-refractivity contribution in [3.05, 3.63) is 28.2 Å². The molecule has 23 heavy (non-hydrogen) atoms. The van der Waals surface area contributed by atoms with E-state index in [0.29, 0.717) is 0 Å². The normalized spacial score (nSPS) is 27.6. The van der Waals surface area contributed by atoms with Crippen LogP contribution in [0.3, 0.4) is 0 Å². The van der Waals surface area contributed by atoms with E-state index in [-0.39, 0.29) is 11.7 Å². The lowest BCUT2D eigenvalue weighted by molar-refractivity contribution is -0.0960. The van der Waals surface area contributed by atoms with Crippen LogP contribution in [0.4, 0.5) is 0 Å². The number of imidazole rings is 1. The van der Waals surface area contributed by atoms with E-state index in [2.05, 4.69) is 14.9 Å². The first-order valence-corrected chi connectivity index (χ1v) is 8.33. The lowest BCUT2D eigenvalue weighted by Crippen LogP contribution is -2.54. The summed E-state index contributed by atoms with van der Waals surface area (Å²) in [7, 11) is 0. The van der Waals surface area contributed by atoms with Crippen LogP contribution in [-0.4, -0.2) is 44.8 Å². The van der Waals surface area contributed by atoms with Crippen LogP contribution in [0, 0.1) is 0 Å². The number of likely N-dealkylation sites (tertiary alicyclic amines) is 1. The predicted octanol–water partition coefficient (Wildman–Crippen LogP) is 1.92. The summed E-state index contributed by atoms with van der Waals surface area (Å²) in [4.78, 5) is 19.5. The first kappa shape index (κ1) is 14.8. The van der Waals surface area contributed by atoms with Gasteiger partial charge in [0.05, 0.1) is 17.1 Å². The maximum Gasteiger partial charge on any atom is 0.323 e. The molecule has 1 fully saturated rings. The summed E-state index contributed by atoms with van der Waals surface area (Å²) >= 11 is 0. The lowest BCUT2D eigenvalue weighted by atomic mass is 9.84. The van der Waals surface area contributed by atoms with E-state index in [4.69, 9.17) is 4.74 Å². The summed E-state index contributed by atoms with van der Waals surface area (Å²) in [5.74, 6) is 0.749. The van der Waals surface area contributed by atoms with Crippen LogP contribution in [0.15, 0.2) is 16.9 Å². The van der Waals surface area contributed by atoms with Crippen molar-refractivity contribution in [1.82, 2.24) is 14.9 Å². The quantitative estimate of drug-likeness (QED) is 0.750. The van der Waals surface area contributed by atoms with Crippen molar-refractivity contribution >= 4 is 11.0 Å². The van der Waals surface area contributed by atoms with E-state index < -0.39 is 11.7 Å². The van der Waals surface area contributed by atoms with Crippen LogP contribution in [0.1, 0.15) is 44.7 Å². The standard InChI is InChI=1S/C17H23N3O3/c1-17(2)15(21)14(20-6-4-3-5-7-20)10-8-11-12(9-13(10)23-17)19-16(22)18-11/h8-9,14-15,21H,3-7H2,1-2H3,(H2,18,19,22)/t14-,15+/m1/s1. The molecule has 0 saturated carbocycles. The zero-order valence-corrected chi connectivity index (χ0v) is 13.6. The molecular formula is C17H23N3O3. The number of nitrogens with zero attached hydrogens (tertiary/aromatic N) is 1. The largest absolute Gasteiger partial charge is 0.485 e. The lowest BCUT2D eigenvalue weighted by Gasteiger charge is -2.47. The molecule has 2 aliphatic heterocycles. The number of rotatable bonds is 1. The molecule has 1 aromatic carbocycles. The third-order valence-electron chi connectivity index (χ3n) is 5.13. The molecular weight excluding hydrogens is 294 g/mol. The number of aliphatic hydroxyl groups excluding tert-OH is 1. The van der Waals surface area contributed by atoms with E-state index in [0.717, 1.165) is 48.3 Å². The maximum atomic E-state index is 11.6. The molecule has 0 aliphatic carbocycles. The smallest absolute Gasteiger partial charge is 0.323 e. The van der Waals surface area contributed by atoms with Crippen LogP contribution in [-0.2, 0) is 0 Å². The fourth-order valence-electron chi connectivity index (χ4n) is 3.89. The summed E-state index contributed by atoms with van der Waals surface area (Å²) in [5.41, 5.74) is 1.56. The average molecular weight is 317 g/mol. The van der Waals surface area contributed by atoms with Gasteiger partial charge < -0.3 is 19.8 Å². The minimum absolute atomic E-state index is 0.100. The summed E-state index contributed by atoms with van der Waals surface area (Å²) < 4.78 is 6.06. The molecule has 6 heteroatoms. The zero-order valence-electron chi connectivity index (χ0n) is 13.6. The highest BCUT2D eigenvalue weighted by molar-refractivity contribution is 5.78. The summed E-state index contributed by atoms with van der Waals surface area (Å²) in [5, 5.41) is 10.9. The summed E-state index contributed by atoms with van der Waals surface area (Å²) in [6.45, 7) is 5.81. The van der Waals surface area contributed by atoms with Crippen LogP contribution in [0.25, 0.3) is 11.0 Å². The molecule has 2 atom stereocenters. The Kier molecular flexibility index (Phi) is 3.28. The van der Waals surface area contributed by atoms with Gasteiger partial charge in [0.15, 0.2) is 0 Å². The minimum Gasteiger partial charge on any atom is -0.485 e. The van der Waals surface area contributed by atoms with Gasteiger partial charge >= 0.3 is 5.69 Å². The monoisotopic (exact) mass is 317 g/mol. The molecule has 0 amide bonds. The number of aliphatic hydroxyl groups is 1. The fraction of sp³-hybridized carbons (Fsp3) is 0.588. The van der Waals surface area contributed by atoms with Gasteiger partial charge in [-0.3, -0.25) is 4.90 Å². The van der Waals surface area contributed by atoms with Crippen molar-refractivity contribution in [2.24, 2.45) is 0 Å². The number of H-pyrrole nitrogens is 2. The molecule has 0 radical (unpaired) electrons. The number of aromatic amines is 2. The Labute approximate surface area is 134 Å². The minimum atomic E-state index is -0.667. The highest BCUT2D eigenvalue weighted by atomic mass is 16.5. The second kappa shape index (κ2) is 5.11. The Morgan fingerprint density at radius 2 is 1.83 bits per heavy atom. The number of benzene rings is 1. The van der Waals surface area contributed by atoms with Crippen LogP contribution in [0.5, 0.6) is 5.75 Å². The Balaban J connectivity index is 1.87. The average Bonchev–Trinajstić information content (AvgIpc) is 2.86. The van der Waals surface area contributed by atoms with Gasteiger partial charge in [0.25, 0.3) is 0 Å². The molecule has 3 heterocycles. The van der Waals surface area contributed by atoms with Gasteiger partial charge in [0.1, 0.15) is 17.5 Å². The molecule has 4 rings (SSSR count). The Morgan fingerprint density at radius 1 is 1.17 bits per heavy atom. The number of piperidine rings is 1. The van der Waals surface area contributed by atoms with Crippen LogP contribution in [0.2, 0.25) is 0 Å². The number of hydrogen-bond donors (Lipinski definition) is 3. The van der Waals surface area contributed by atoms with Gasteiger partial charge in [-0.05, 0) is 45.8 Å². The van der Waals surface area contributed by atoms with Crippen LogP contribution >= 0.6 is 0 Å².